The highest BCUT2D eigenvalue weighted by Crippen LogP contribution is 2.37. The van der Waals surface area contributed by atoms with Gasteiger partial charge in [0, 0.05) is 24.3 Å². The van der Waals surface area contributed by atoms with Crippen LogP contribution in [0.25, 0.3) is 5.69 Å². The Morgan fingerprint density at radius 3 is 2.59 bits per heavy atom. The van der Waals surface area contributed by atoms with Gasteiger partial charge in [-0.2, -0.15) is 9.97 Å². The normalized spacial score (nSPS) is 14.7. The van der Waals surface area contributed by atoms with Crippen LogP contribution >= 0.6 is 11.3 Å². The molecule has 2 aliphatic heterocycles. The first kappa shape index (κ1) is 26.3. The number of carbonyl (C=O) groups excluding carboxylic acids is 3. The highest BCUT2D eigenvalue weighted by Gasteiger charge is 2.35. The zero-order valence-electron chi connectivity index (χ0n) is 22.3. The molecule has 15 heteroatoms. The Bertz CT molecular complexity index is 1620. The standard InChI is InChI=1S/C26H26N10O4S/c1-3-40-24(39)21-15(2)30-26(41-21)33-25-31-22(34-9-8-27-19(37)12-34)18-10-20(38)36(23(18)32-25)11-16-4-6-17(7-5-16)35-13-28-29-14-35/h4-7,13-14H,3,8-12H2,1-2H3,(H,27,37)(H,30,31,32,33). The van der Waals surface area contributed by atoms with Crippen molar-refractivity contribution >= 4 is 51.8 Å². The highest BCUT2D eigenvalue weighted by atomic mass is 32.1. The van der Waals surface area contributed by atoms with E-state index >= 15 is 0 Å². The van der Waals surface area contributed by atoms with Crippen molar-refractivity contribution in [3.05, 3.63) is 58.6 Å². The fourth-order valence-corrected chi connectivity index (χ4v) is 5.58. The maximum absolute atomic E-state index is 13.3. The van der Waals surface area contributed by atoms with Crippen molar-refractivity contribution < 1.29 is 19.1 Å². The van der Waals surface area contributed by atoms with Crippen LogP contribution < -0.4 is 20.4 Å². The molecule has 0 spiro atoms. The van der Waals surface area contributed by atoms with E-state index in [1.54, 1.807) is 36.0 Å². The quantitative estimate of drug-likeness (QED) is 0.295. The predicted octanol–water partition coefficient (Wildman–Crippen LogP) is 1.77. The number of esters is 1. The molecule has 2 aliphatic rings. The molecule has 6 rings (SSSR count). The van der Waals surface area contributed by atoms with Crippen LogP contribution in [0.1, 0.15) is 33.4 Å². The van der Waals surface area contributed by atoms with Crippen LogP contribution in [0.4, 0.5) is 22.7 Å². The molecule has 0 saturated carbocycles. The molecule has 3 aromatic heterocycles. The molecule has 1 fully saturated rings. The van der Waals surface area contributed by atoms with Crippen molar-refractivity contribution in [3.63, 3.8) is 0 Å². The maximum Gasteiger partial charge on any atom is 0.350 e. The summed E-state index contributed by atoms with van der Waals surface area (Å²) in [6.07, 6.45) is 3.34. The number of anilines is 4. The smallest absolute Gasteiger partial charge is 0.350 e. The van der Waals surface area contributed by atoms with E-state index in [0.717, 1.165) is 22.6 Å². The molecule has 41 heavy (non-hydrogen) atoms. The Morgan fingerprint density at radius 2 is 1.85 bits per heavy atom. The van der Waals surface area contributed by atoms with E-state index in [1.165, 1.54) is 0 Å². The summed E-state index contributed by atoms with van der Waals surface area (Å²) in [5, 5.41) is 14.0. The lowest BCUT2D eigenvalue weighted by atomic mass is 10.2. The fraction of sp³-hybridized carbons (Fsp3) is 0.308. The van der Waals surface area contributed by atoms with Crippen LogP contribution in [0, 0.1) is 6.92 Å². The highest BCUT2D eigenvalue weighted by molar-refractivity contribution is 7.17. The lowest BCUT2D eigenvalue weighted by molar-refractivity contribution is -0.120. The van der Waals surface area contributed by atoms with Gasteiger partial charge in [-0.05, 0) is 31.5 Å². The molecule has 4 aromatic rings. The van der Waals surface area contributed by atoms with Crippen LogP contribution in [0.3, 0.4) is 0 Å². The lowest BCUT2D eigenvalue weighted by Gasteiger charge is -2.29. The molecule has 1 saturated heterocycles. The summed E-state index contributed by atoms with van der Waals surface area (Å²) in [7, 11) is 0. The Hall–Kier alpha value is -4.92. The number of nitrogens with one attached hydrogen (secondary N) is 2. The molecule has 210 valence electrons. The summed E-state index contributed by atoms with van der Waals surface area (Å²) in [5.74, 6) is 0.503. The molecule has 14 nitrogen and oxygen atoms in total. The fourth-order valence-electron chi connectivity index (χ4n) is 4.73. The summed E-state index contributed by atoms with van der Waals surface area (Å²) in [6, 6.07) is 7.73. The number of carbonyl (C=O) groups is 3. The topological polar surface area (TPSA) is 160 Å². The Kier molecular flexibility index (Phi) is 7.01. The lowest BCUT2D eigenvalue weighted by Crippen LogP contribution is -2.48. The van der Waals surface area contributed by atoms with Gasteiger partial charge in [-0.25, -0.2) is 9.78 Å². The second-order valence-electron chi connectivity index (χ2n) is 9.42. The monoisotopic (exact) mass is 574 g/mol. The number of piperazine rings is 1. The predicted molar refractivity (Wildman–Crippen MR) is 150 cm³/mol. The molecular weight excluding hydrogens is 548 g/mol. The number of hydrogen-bond donors (Lipinski definition) is 2. The van der Waals surface area contributed by atoms with Gasteiger partial charge in [0.2, 0.25) is 17.8 Å². The average molecular weight is 575 g/mol. The van der Waals surface area contributed by atoms with E-state index in [1.807, 2.05) is 29.2 Å². The summed E-state index contributed by atoms with van der Waals surface area (Å²) in [5.41, 5.74) is 2.99. The first-order chi connectivity index (χ1) is 19.9. The van der Waals surface area contributed by atoms with Crippen LogP contribution in [-0.4, -0.2) is 73.7 Å². The van der Waals surface area contributed by atoms with Crippen molar-refractivity contribution in [3.8, 4) is 5.69 Å². The minimum absolute atomic E-state index is 0.116. The summed E-state index contributed by atoms with van der Waals surface area (Å²) in [4.78, 5) is 55.6. The average Bonchev–Trinajstić information content (AvgIpc) is 3.69. The number of amides is 2. The molecule has 1 aromatic carbocycles. The number of fused-ring (bicyclic) bond motifs is 1. The Morgan fingerprint density at radius 1 is 1.10 bits per heavy atom. The minimum atomic E-state index is -0.447. The van der Waals surface area contributed by atoms with E-state index in [9.17, 15) is 14.4 Å². The van der Waals surface area contributed by atoms with Gasteiger partial charge >= 0.3 is 5.97 Å². The van der Waals surface area contributed by atoms with Crippen molar-refractivity contribution in [2.24, 2.45) is 0 Å². The largest absolute Gasteiger partial charge is 0.462 e. The SMILES string of the molecule is CCOC(=O)c1sc(Nc2nc(N3CCNC(=O)C3)c3c(n2)N(Cc2ccc(-n4cnnc4)cc2)C(=O)C3)nc1C. The van der Waals surface area contributed by atoms with Gasteiger partial charge in [0.05, 0.1) is 31.8 Å². The molecule has 0 bridgehead atoms. The van der Waals surface area contributed by atoms with Crippen LogP contribution in [-0.2, 0) is 27.3 Å². The third kappa shape index (κ3) is 5.30. The third-order valence-corrected chi connectivity index (χ3v) is 7.71. The number of nitrogens with zero attached hydrogens (tertiary/aromatic N) is 8. The first-order valence-corrected chi connectivity index (χ1v) is 13.8. The van der Waals surface area contributed by atoms with E-state index in [-0.39, 0.29) is 37.3 Å². The Balaban J connectivity index is 1.33. The number of aryl methyl sites for hydroxylation is 1. The summed E-state index contributed by atoms with van der Waals surface area (Å²) < 4.78 is 6.92. The zero-order chi connectivity index (χ0) is 28.5. The van der Waals surface area contributed by atoms with Crippen molar-refractivity contribution in [1.82, 2.24) is 35.0 Å². The molecule has 0 radical (unpaired) electrons. The van der Waals surface area contributed by atoms with E-state index < -0.39 is 5.97 Å². The number of aromatic nitrogens is 6. The van der Waals surface area contributed by atoms with Gasteiger partial charge in [0.15, 0.2) is 5.13 Å². The van der Waals surface area contributed by atoms with Gasteiger partial charge in [0.25, 0.3) is 0 Å². The number of hydrogen-bond acceptors (Lipinski definition) is 12. The Labute approximate surface area is 238 Å². The molecule has 5 heterocycles. The first-order valence-electron chi connectivity index (χ1n) is 13.0. The molecule has 0 atom stereocenters. The van der Waals surface area contributed by atoms with Crippen LogP contribution in [0.5, 0.6) is 0 Å². The van der Waals surface area contributed by atoms with Gasteiger partial charge in [0.1, 0.15) is 29.2 Å². The van der Waals surface area contributed by atoms with Crippen molar-refractivity contribution in [2.75, 3.05) is 41.4 Å². The van der Waals surface area contributed by atoms with Crippen LogP contribution in [0.15, 0.2) is 36.9 Å². The number of ether oxygens (including phenoxy) is 1. The number of thiazole rings is 1. The minimum Gasteiger partial charge on any atom is -0.462 e. The van der Waals surface area contributed by atoms with Gasteiger partial charge in [-0.3, -0.25) is 24.4 Å². The number of benzene rings is 1. The van der Waals surface area contributed by atoms with Crippen LogP contribution in [0.2, 0.25) is 0 Å². The maximum atomic E-state index is 13.3. The van der Waals surface area contributed by atoms with E-state index in [2.05, 4.69) is 25.8 Å². The van der Waals surface area contributed by atoms with E-state index in [4.69, 9.17) is 14.7 Å². The summed E-state index contributed by atoms with van der Waals surface area (Å²) >= 11 is 1.14. The zero-order valence-corrected chi connectivity index (χ0v) is 23.1. The third-order valence-electron chi connectivity index (χ3n) is 6.66. The molecule has 0 unspecified atom stereocenters. The van der Waals surface area contributed by atoms with Gasteiger partial charge in [-0.15, -0.1) is 10.2 Å². The molecule has 2 N–H and O–H groups in total. The molecular formula is C26H26N10O4S. The second-order valence-corrected chi connectivity index (χ2v) is 10.4. The molecule has 2 amide bonds. The number of rotatable bonds is 8. The van der Waals surface area contributed by atoms with Crippen molar-refractivity contribution in [1.29, 1.82) is 0 Å². The summed E-state index contributed by atoms with van der Waals surface area (Å²) in [6.45, 7) is 5.14. The van der Waals surface area contributed by atoms with Gasteiger partial charge < -0.3 is 15.0 Å². The second kappa shape index (κ2) is 10.9. The molecule has 0 aliphatic carbocycles. The van der Waals surface area contributed by atoms with E-state index in [0.29, 0.717) is 52.5 Å². The van der Waals surface area contributed by atoms with Crippen molar-refractivity contribution in [2.45, 2.75) is 26.8 Å². The van der Waals surface area contributed by atoms with Gasteiger partial charge in [-0.1, -0.05) is 23.5 Å².